The second-order valence-electron chi connectivity index (χ2n) is 6.22. The number of fused-ring (bicyclic) bond motifs is 3. The highest BCUT2D eigenvalue weighted by molar-refractivity contribution is 7.16. The zero-order valence-electron chi connectivity index (χ0n) is 13.5. The molecule has 128 valence electrons. The number of amides is 1. The molecule has 0 saturated carbocycles. The first-order valence-corrected chi connectivity index (χ1v) is 9.08. The van der Waals surface area contributed by atoms with Crippen molar-refractivity contribution >= 4 is 34.0 Å². The first-order chi connectivity index (χ1) is 12.1. The Kier molecular flexibility index (Phi) is 4.01. The quantitative estimate of drug-likeness (QED) is 0.649. The van der Waals surface area contributed by atoms with Gasteiger partial charge in [-0.25, -0.2) is 0 Å². The van der Waals surface area contributed by atoms with E-state index in [9.17, 15) is 14.9 Å². The minimum absolute atomic E-state index is 0.0218. The van der Waals surface area contributed by atoms with Gasteiger partial charge in [0.15, 0.2) is 0 Å². The third kappa shape index (κ3) is 3.02. The van der Waals surface area contributed by atoms with Crippen molar-refractivity contribution in [2.24, 2.45) is 0 Å². The normalized spacial score (nSPS) is 19.0. The molecule has 1 unspecified atom stereocenters. The average molecular weight is 355 g/mol. The number of nitrogens with one attached hydrogen (secondary N) is 2. The van der Waals surface area contributed by atoms with E-state index in [0.29, 0.717) is 0 Å². The molecule has 1 aliphatic heterocycles. The predicted octanol–water partition coefficient (Wildman–Crippen LogP) is 3.73. The first kappa shape index (κ1) is 15.8. The number of nitro groups is 1. The summed E-state index contributed by atoms with van der Waals surface area (Å²) < 4.78 is 0. The summed E-state index contributed by atoms with van der Waals surface area (Å²) in [7, 11) is 0. The molecular weight excluding hydrogens is 338 g/mol. The third-order valence-corrected chi connectivity index (χ3v) is 5.78. The van der Waals surface area contributed by atoms with Crippen LogP contribution in [0, 0.1) is 10.1 Å². The number of aryl methyl sites for hydroxylation is 1. The van der Waals surface area contributed by atoms with Gasteiger partial charge in [0.1, 0.15) is 11.2 Å². The van der Waals surface area contributed by atoms with Gasteiger partial charge >= 0.3 is 0 Å². The van der Waals surface area contributed by atoms with E-state index in [2.05, 4.69) is 10.6 Å². The molecule has 0 fully saturated rings. The minimum atomic E-state index is -0.420. The molecule has 1 aliphatic carbocycles. The Hall–Kier alpha value is -2.67. The summed E-state index contributed by atoms with van der Waals surface area (Å²) in [5.41, 5.74) is 2.95. The summed E-state index contributed by atoms with van der Waals surface area (Å²) in [6.45, 7) is 0. The molecule has 0 radical (unpaired) electrons. The van der Waals surface area contributed by atoms with Crippen molar-refractivity contribution in [3.8, 4) is 0 Å². The number of carbonyl (C=O) groups excluding carboxylic acids is 1. The fourth-order valence-electron chi connectivity index (χ4n) is 3.31. The maximum atomic E-state index is 12.5. The lowest BCUT2D eigenvalue weighted by Gasteiger charge is -2.24. The van der Waals surface area contributed by atoms with Crippen LogP contribution in [-0.4, -0.2) is 17.0 Å². The number of nitro benzene ring substituents is 1. The Morgan fingerprint density at radius 3 is 2.68 bits per heavy atom. The van der Waals surface area contributed by atoms with Gasteiger partial charge in [0, 0.05) is 17.0 Å². The van der Waals surface area contributed by atoms with Gasteiger partial charge in [0.2, 0.25) is 0 Å². The molecule has 25 heavy (non-hydrogen) atoms. The number of non-ortho nitro benzene ring substituents is 1. The molecule has 7 heteroatoms. The highest BCUT2D eigenvalue weighted by Gasteiger charge is 2.30. The summed E-state index contributed by atoms with van der Waals surface area (Å²) in [5, 5.41) is 18.0. The highest BCUT2D eigenvalue weighted by atomic mass is 32.1. The van der Waals surface area contributed by atoms with Crippen molar-refractivity contribution in [2.75, 3.05) is 5.32 Å². The van der Waals surface area contributed by atoms with E-state index < -0.39 is 4.92 Å². The molecule has 6 nitrogen and oxygen atoms in total. The fourth-order valence-corrected chi connectivity index (χ4v) is 4.63. The molecule has 2 aromatic rings. The van der Waals surface area contributed by atoms with Crippen molar-refractivity contribution in [3.05, 3.63) is 62.0 Å². The van der Waals surface area contributed by atoms with Crippen molar-refractivity contribution in [1.29, 1.82) is 0 Å². The van der Waals surface area contributed by atoms with E-state index in [4.69, 9.17) is 0 Å². The van der Waals surface area contributed by atoms with Gasteiger partial charge in [-0.15, -0.1) is 11.3 Å². The number of nitrogens with zero attached hydrogens (tertiary/aromatic N) is 1. The number of rotatable bonds is 3. The Labute approximate surface area is 148 Å². The summed E-state index contributed by atoms with van der Waals surface area (Å²) in [6.07, 6.45) is 7.81. The Morgan fingerprint density at radius 1 is 1.16 bits per heavy atom. The summed E-state index contributed by atoms with van der Waals surface area (Å²) in [6, 6.07) is 6.32. The smallest absolute Gasteiger partial charge is 0.269 e. The monoisotopic (exact) mass is 355 g/mol. The summed E-state index contributed by atoms with van der Waals surface area (Å²) in [5.74, 6) is -0.0218. The minimum Gasteiger partial charge on any atom is -0.353 e. The largest absolute Gasteiger partial charge is 0.353 e. The van der Waals surface area contributed by atoms with Crippen molar-refractivity contribution in [3.63, 3.8) is 0 Å². The van der Waals surface area contributed by atoms with Crippen LogP contribution < -0.4 is 10.6 Å². The van der Waals surface area contributed by atoms with Crippen molar-refractivity contribution < 1.29 is 9.72 Å². The summed E-state index contributed by atoms with van der Waals surface area (Å²) in [4.78, 5) is 24.1. The zero-order chi connectivity index (χ0) is 17.4. The number of anilines is 1. The van der Waals surface area contributed by atoms with Crippen LogP contribution in [-0.2, 0) is 12.8 Å². The maximum Gasteiger partial charge on any atom is 0.269 e. The Bertz CT molecular complexity index is 870. The van der Waals surface area contributed by atoms with Gasteiger partial charge in [-0.1, -0.05) is 6.08 Å². The number of hydrogen-bond donors (Lipinski definition) is 2. The molecule has 4 rings (SSSR count). The fraction of sp³-hybridized carbons (Fsp3) is 0.278. The molecule has 2 N–H and O–H groups in total. The molecule has 1 amide bonds. The average Bonchev–Trinajstić information content (AvgIpc) is 2.99. The maximum absolute atomic E-state index is 12.5. The van der Waals surface area contributed by atoms with Gasteiger partial charge in [-0.2, -0.15) is 0 Å². The molecule has 1 aromatic heterocycles. The number of carbonyl (C=O) groups is 1. The summed E-state index contributed by atoms with van der Waals surface area (Å²) >= 11 is 1.69. The first-order valence-electron chi connectivity index (χ1n) is 8.26. The van der Waals surface area contributed by atoms with Crippen molar-refractivity contribution in [1.82, 2.24) is 5.32 Å². The van der Waals surface area contributed by atoms with E-state index in [1.54, 1.807) is 23.5 Å². The standard InChI is InChI=1S/C18H17N3O3S/c22-17-16-13-3-1-2-4-14(13)25-18(16)20-15(19-17)10-7-11-5-8-12(9-6-11)21(23)24/h5-10,15,20H,1-4H2,(H,19,22). The van der Waals surface area contributed by atoms with Crippen LogP contribution in [0.2, 0.25) is 0 Å². The van der Waals surface area contributed by atoms with Gasteiger partial charge in [0.05, 0.1) is 10.5 Å². The highest BCUT2D eigenvalue weighted by Crippen LogP contribution is 2.39. The Balaban J connectivity index is 1.52. The molecule has 0 saturated heterocycles. The lowest BCUT2D eigenvalue weighted by atomic mass is 9.94. The molecule has 2 heterocycles. The molecule has 1 aromatic carbocycles. The van der Waals surface area contributed by atoms with E-state index in [1.165, 1.54) is 29.0 Å². The zero-order valence-corrected chi connectivity index (χ0v) is 14.3. The van der Waals surface area contributed by atoms with E-state index >= 15 is 0 Å². The van der Waals surface area contributed by atoms with Gasteiger partial charge in [0.25, 0.3) is 11.6 Å². The van der Waals surface area contributed by atoms with Gasteiger partial charge in [-0.05, 0) is 55.0 Å². The molecule has 0 bridgehead atoms. The van der Waals surface area contributed by atoms with E-state index in [-0.39, 0.29) is 17.8 Å². The van der Waals surface area contributed by atoms with Gasteiger partial charge in [-0.3, -0.25) is 14.9 Å². The Morgan fingerprint density at radius 2 is 1.92 bits per heavy atom. The van der Waals surface area contributed by atoms with Crippen LogP contribution in [0.25, 0.3) is 6.08 Å². The number of benzene rings is 1. The molecule has 2 aliphatic rings. The predicted molar refractivity (Wildman–Crippen MR) is 98.0 cm³/mol. The topological polar surface area (TPSA) is 84.3 Å². The molecular formula is C18H17N3O3S. The van der Waals surface area contributed by atoms with Gasteiger partial charge < -0.3 is 10.6 Å². The van der Waals surface area contributed by atoms with Crippen LogP contribution >= 0.6 is 11.3 Å². The second kappa shape index (κ2) is 6.33. The van der Waals surface area contributed by atoms with Crippen LogP contribution in [0.5, 0.6) is 0 Å². The lowest BCUT2D eigenvalue weighted by molar-refractivity contribution is -0.384. The molecule has 1 atom stereocenters. The van der Waals surface area contributed by atoms with Crippen molar-refractivity contribution in [2.45, 2.75) is 31.8 Å². The van der Waals surface area contributed by atoms with Crippen LogP contribution in [0.1, 0.15) is 39.2 Å². The number of hydrogen-bond acceptors (Lipinski definition) is 5. The SMILES string of the molecule is O=C1NC(C=Cc2ccc([N+](=O)[O-])cc2)Nc2sc3c(c21)CCCC3. The van der Waals surface area contributed by atoms with E-state index in [0.717, 1.165) is 35.4 Å². The lowest BCUT2D eigenvalue weighted by Crippen LogP contribution is -2.43. The number of thiophene rings is 1. The van der Waals surface area contributed by atoms with Crippen LogP contribution in [0.4, 0.5) is 10.7 Å². The molecule has 0 spiro atoms. The second-order valence-corrected chi connectivity index (χ2v) is 7.32. The van der Waals surface area contributed by atoms with Crippen LogP contribution in [0.15, 0.2) is 30.3 Å². The van der Waals surface area contributed by atoms with Crippen LogP contribution in [0.3, 0.4) is 0 Å². The third-order valence-electron chi connectivity index (χ3n) is 4.56. The van der Waals surface area contributed by atoms with E-state index in [1.807, 2.05) is 12.2 Å².